The Morgan fingerprint density at radius 1 is 1.26 bits per heavy atom. The quantitative estimate of drug-likeness (QED) is 0.691. The van der Waals surface area contributed by atoms with Crippen molar-refractivity contribution >= 4 is 5.78 Å². The molecule has 0 aromatic carbocycles. The van der Waals surface area contributed by atoms with Gasteiger partial charge in [-0.25, -0.2) is 0 Å². The van der Waals surface area contributed by atoms with Gasteiger partial charge in [-0.1, -0.05) is 41.5 Å². The van der Waals surface area contributed by atoms with Crippen molar-refractivity contribution in [2.45, 2.75) is 73.3 Å². The molecule has 1 aliphatic carbocycles. The average Bonchev–Trinajstić information content (AvgIpc) is 2.57. The molecular formula is C17H33NO. The smallest absolute Gasteiger partial charge is 0.142 e. The van der Waals surface area contributed by atoms with Crippen molar-refractivity contribution in [1.29, 1.82) is 0 Å². The fourth-order valence-corrected chi connectivity index (χ4v) is 3.45. The van der Waals surface area contributed by atoms with Crippen molar-refractivity contribution in [2.75, 3.05) is 13.1 Å². The summed E-state index contributed by atoms with van der Waals surface area (Å²) in [4.78, 5) is 15.0. The minimum atomic E-state index is -0.0813. The molecule has 0 heterocycles. The standard InChI is InChI=1S/C17H33NO/c1-7-15(8-2)18(11-13(3)4)12-14-9-10-17(5,6)16(14)19/h13-15H,7-12H2,1-6H3. The zero-order valence-electron chi connectivity index (χ0n) is 13.8. The molecule has 2 nitrogen and oxygen atoms in total. The number of nitrogens with zero attached hydrogens (tertiary/aromatic N) is 1. The highest BCUT2D eigenvalue weighted by atomic mass is 16.1. The van der Waals surface area contributed by atoms with Gasteiger partial charge >= 0.3 is 0 Å². The molecule has 1 rings (SSSR count). The molecule has 0 aliphatic heterocycles. The highest BCUT2D eigenvalue weighted by molar-refractivity contribution is 5.88. The molecule has 1 aliphatic rings. The van der Waals surface area contributed by atoms with Crippen LogP contribution in [0.15, 0.2) is 0 Å². The molecule has 112 valence electrons. The molecule has 0 aromatic heterocycles. The fraction of sp³-hybridized carbons (Fsp3) is 0.941. The summed E-state index contributed by atoms with van der Waals surface area (Å²) in [6.45, 7) is 15.4. The van der Waals surface area contributed by atoms with Crippen LogP contribution in [0.5, 0.6) is 0 Å². The van der Waals surface area contributed by atoms with E-state index in [-0.39, 0.29) is 11.3 Å². The third-order valence-corrected chi connectivity index (χ3v) is 4.67. The van der Waals surface area contributed by atoms with Crippen molar-refractivity contribution in [2.24, 2.45) is 17.3 Å². The Kier molecular flexibility index (Phi) is 6.04. The molecule has 0 aromatic rings. The Hall–Kier alpha value is -0.370. The molecule has 19 heavy (non-hydrogen) atoms. The monoisotopic (exact) mass is 267 g/mol. The van der Waals surface area contributed by atoms with Gasteiger partial charge in [-0.2, -0.15) is 0 Å². The summed E-state index contributed by atoms with van der Waals surface area (Å²) < 4.78 is 0. The molecule has 0 bridgehead atoms. The zero-order valence-corrected chi connectivity index (χ0v) is 13.8. The third kappa shape index (κ3) is 4.30. The number of hydrogen-bond donors (Lipinski definition) is 0. The molecule has 0 saturated heterocycles. The topological polar surface area (TPSA) is 20.3 Å². The average molecular weight is 267 g/mol. The second-order valence-electron chi connectivity index (χ2n) is 7.30. The highest BCUT2D eigenvalue weighted by Crippen LogP contribution is 2.38. The van der Waals surface area contributed by atoms with Crippen LogP contribution in [0.1, 0.15) is 67.2 Å². The Morgan fingerprint density at radius 2 is 1.84 bits per heavy atom. The van der Waals surface area contributed by atoms with Gasteiger partial charge in [0.1, 0.15) is 5.78 Å². The second kappa shape index (κ2) is 6.88. The maximum atomic E-state index is 12.4. The first-order valence-electron chi connectivity index (χ1n) is 8.10. The first kappa shape index (κ1) is 16.7. The normalized spacial score (nSPS) is 23.0. The predicted octanol–water partition coefficient (Wildman–Crippen LogP) is 4.14. The van der Waals surface area contributed by atoms with E-state index < -0.39 is 0 Å². The minimum Gasteiger partial charge on any atom is -0.299 e. The summed E-state index contributed by atoms with van der Waals surface area (Å²) in [5, 5.41) is 0. The fourth-order valence-electron chi connectivity index (χ4n) is 3.45. The molecule has 2 heteroatoms. The zero-order chi connectivity index (χ0) is 14.6. The number of hydrogen-bond acceptors (Lipinski definition) is 2. The van der Waals surface area contributed by atoms with Crippen LogP contribution in [-0.2, 0) is 4.79 Å². The molecule has 0 amide bonds. The van der Waals surface area contributed by atoms with E-state index in [0.717, 1.165) is 25.9 Å². The lowest BCUT2D eigenvalue weighted by atomic mass is 9.88. The lowest BCUT2D eigenvalue weighted by molar-refractivity contribution is -0.128. The van der Waals surface area contributed by atoms with E-state index in [4.69, 9.17) is 0 Å². The molecular weight excluding hydrogens is 234 g/mol. The van der Waals surface area contributed by atoms with Crippen LogP contribution in [-0.4, -0.2) is 29.8 Å². The number of carbonyl (C=O) groups excluding carboxylic acids is 1. The number of rotatable bonds is 7. The maximum absolute atomic E-state index is 12.4. The van der Waals surface area contributed by atoms with Crippen molar-refractivity contribution in [1.82, 2.24) is 4.90 Å². The van der Waals surface area contributed by atoms with Crippen LogP contribution in [0.2, 0.25) is 0 Å². The number of Topliss-reactive ketones (excluding diaryl/α,β-unsaturated/α-hetero) is 1. The predicted molar refractivity (Wildman–Crippen MR) is 82.3 cm³/mol. The Bertz CT molecular complexity index is 292. The first-order chi connectivity index (χ1) is 8.81. The SMILES string of the molecule is CCC(CC)N(CC(C)C)CC1CCC(C)(C)C1=O. The van der Waals surface area contributed by atoms with Crippen molar-refractivity contribution in [3.63, 3.8) is 0 Å². The van der Waals surface area contributed by atoms with Gasteiger partial charge < -0.3 is 0 Å². The van der Waals surface area contributed by atoms with Gasteiger partial charge in [0.2, 0.25) is 0 Å². The molecule has 0 radical (unpaired) electrons. The van der Waals surface area contributed by atoms with E-state index in [1.807, 2.05) is 0 Å². The van der Waals surface area contributed by atoms with E-state index in [0.29, 0.717) is 17.7 Å². The molecule has 1 saturated carbocycles. The summed E-state index contributed by atoms with van der Waals surface area (Å²) in [5.41, 5.74) is -0.0813. The van der Waals surface area contributed by atoms with E-state index in [1.165, 1.54) is 12.8 Å². The van der Waals surface area contributed by atoms with Gasteiger partial charge in [0.05, 0.1) is 0 Å². The molecule has 1 fully saturated rings. The van der Waals surface area contributed by atoms with Gasteiger partial charge in [0, 0.05) is 30.5 Å². The van der Waals surface area contributed by atoms with Crippen molar-refractivity contribution in [3.8, 4) is 0 Å². The Morgan fingerprint density at radius 3 is 2.21 bits per heavy atom. The largest absolute Gasteiger partial charge is 0.299 e. The van der Waals surface area contributed by atoms with Crippen molar-refractivity contribution in [3.05, 3.63) is 0 Å². The summed E-state index contributed by atoms with van der Waals surface area (Å²) in [7, 11) is 0. The minimum absolute atomic E-state index is 0.0813. The Labute approximate surface area is 119 Å². The van der Waals surface area contributed by atoms with E-state index in [2.05, 4.69) is 46.4 Å². The molecule has 1 unspecified atom stereocenters. The maximum Gasteiger partial charge on any atom is 0.142 e. The van der Waals surface area contributed by atoms with E-state index >= 15 is 0 Å². The van der Waals surface area contributed by atoms with Gasteiger partial charge in [-0.05, 0) is 31.6 Å². The summed E-state index contributed by atoms with van der Waals surface area (Å²) in [6.07, 6.45) is 4.52. The number of ketones is 1. The van der Waals surface area contributed by atoms with Gasteiger partial charge in [0.15, 0.2) is 0 Å². The summed E-state index contributed by atoms with van der Waals surface area (Å²) in [6, 6.07) is 0.638. The van der Waals surface area contributed by atoms with Crippen molar-refractivity contribution < 1.29 is 4.79 Å². The molecule has 0 N–H and O–H groups in total. The van der Waals surface area contributed by atoms with E-state index in [1.54, 1.807) is 0 Å². The summed E-state index contributed by atoms with van der Waals surface area (Å²) in [5.74, 6) is 1.44. The third-order valence-electron chi connectivity index (χ3n) is 4.67. The van der Waals surface area contributed by atoms with Gasteiger partial charge in [0.25, 0.3) is 0 Å². The number of carbonyl (C=O) groups is 1. The lowest BCUT2D eigenvalue weighted by Crippen LogP contribution is -2.42. The summed E-state index contributed by atoms with van der Waals surface area (Å²) >= 11 is 0. The van der Waals surface area contributed by atoms with Crippen LogP contribution >= 0.6 is 0 Å². The lowest BCUT2D eigenvalue weighted by Gasteiger charge is -2.34. The second-order valence-corrected chi connectivity index (χ2v) is 7.30. The Balaban J connectivity index is 2.70. The van der Waals surface area contributed by atoms with Crippen LogP contribution in [0, 0.1) is 17.3 Å². The van der Waals surface area contributed by atoms with Crippen LogP contribution in [0.3, 0.4) is 0 Å². The van der Waals surface area contributed by atoms with Gasteiger partial charge in [-0.3, -0.25) is 9.69 Å². The molecule has 1 atom stereocenters. The molecule has 0 spiro atoms. The first-order valence-corrected chi connectivity index (χ1v) is 8.10. The van der Waals surface area contributed by atoms with E-state index in [9.17, 15) is 4.79 Å². The van der Waals surface area contributed by atoms with Crippen LogP contribution < -0.4 is 0 Å². The van der Waals surface area contributed by atoms with Gasteiger partial charge in [-0.15, -0.1) is 0 Å². The van der Waals surface area contributed by atoms with Crippen LogP contribution in [0.4, 0.5) is 0 Å². The van der Waals surface area contributed by atoms with Crippen LogP contribution in [0.25, 0.3) is 0 Å². The highest BCUT2D eigenvalue weighted by Gasteiger charge is 2.41.